The van der Waals surface area contributed by atoms with Gasteiger partial charge < -0.3 is 15.6 Å². The molecule has 6 nitrogen and oxygen atoms in total. The lowest BCUT2D eigenvalue weighted by Crippen LogP contribution is -2.09. The molecule has 0 amide bonds. The summed E-state index contributed by atoms with van der Waals surface area (Å²) in [5.74, 6) is 0.974. The molecule has 0 aliphatic heterocycles. The van der Waals surface area contributed by atoms with Crippen molar-refractivity contribution in [3.05, 3.63) is 63.8 Å². The first-order valence-electron chi connectivity index (χ1n) is 8.91. The van der Waals surface area contributed by atoms with Crippen LogP contribution in [0.15, 0.2) is 41.5 Å². The largest absolute Gasteiger partial charge is 0.433 e. The molecule has 0 aliphatic carbocycles. The first-order valence-corrected chi connectivity index (χ1v) is 9.32. The van der Waals surface area contributed by atoms with Crippen molar-refractivity contribution in [3.8, 4) is 0 Å². The molecule has 156 valence electrons. The van der Waals surface area contributed by atoms with E-state index in [1.165, 1.54) is 12.4 Å². The minimum Gasteiger partial charge on any atom is -0.341 e. The molecule has 3 N–H and O–H groups in total. The second-order valence-electron chi connectivity index (χ2n) is 6.58. The van der Waals surface area contributed by atoms with Crippen molar-refractivity contribution in [2.75, 3.05) is 10.6 Å². The van der Waals surface area contributed by atoms with E-state index >= 15 is 0 Å². The number of alkyl halides is 3. The minimum atomic E-state index is -4.50. The van der Waals surface area contributed by atoms with Crippen LogP contribution in [0, 0.1) is 25.4 Å². The Labute approximate surface area is 176 Å². The van der Waals surface area contributed by atoms with Crippen molar-refractivity contribution in [2.45, 2.75) is 26.9 Å². The molecule has 2 aromatic heterocycles. The number of pyridine rings is 1. The Balaban J connectivity index is 1.87. The van der Waals surface area contributed by atoms with Crippen molar-refractivity contribution < 1.29 is 13.2 Å². The molecule has 30 heavy (non-hydrogen) atoms. The van der Waals surface area contributed by atoms with Gasteiger partial charge in [0.1, 0.15) is 23.0 Å². The van der Waals surface area contributed by atoms with Gasteiger partial charge >= 0.3 is 6.18 Å². The number of benzene rings is 1. The number of halogens is 3. The number of rotatable bonds is 5. The fourth-order valence-electron chi connectivity index (χ4n) is 2.76. The predicted octanol–water partition coefficient (Wildman–Crippen LogP) is 5.99. The molecule has 0 radical (unpaired) electrons. The second kappa shape index (κ2) is 8.62. The average molecular weight is 432 g/mol. The lowest BCUT2D eigenvalue weighted by molar-refractivity contribution is -0.141. The number of nitrogens with one attached hydrogen (secondary N) is 3. The van der Waals surface area contributed by atoms with Crippen LogP contribution >= 0.6 is 12.2 Å². The number of aromatic amines is 1. The summed E-state index contributed by atoms with van der Waals surface area (Å²) in [6, 6.07) is 8.07. The Hall–Kier alpha value is -3.27. The highest BCUT2D eigenvalue weighted by Crippen LogP contribution is 2.29. The van der Waals surface area contributed by atoms with Crippen molar-refractivity contribution in [1.29, 1.82) is 0 Å². The molecule has 2 heterocycles. The smallest absolute Gasteiger partial charge is 0.341 e. The van der Waals surface area contributed by atoms with Gasteiger partial charge in [0.2, 0.25) is 0 Å². The van der Waals surface area contributed by atoms with E-state index in [2.05, 4.69) is 30.6 Å². The Kier molecular flexibility index (Phi) is 6.16. The van der Waals surface area contributed by atoms with Crippen molar-refractivity contribution in [2.24, 2.45) is 4.99 Å². The SMILES string of the molecule is Cc1nc(=S)c(NC=Nc2c(C)cccc2C)c(Nc2ccc(C(F)(F)F)nc2)[nH]1. The molecule has 0 bridgehead atoms. The maximum absolute atomic E-state index is 12.7. The third-order valence-corrected chi connectivity index (χ3v) is 4.50. The molecule has 0 aliphatic rings. The van der Waals surface area contributed by atoms with Gasteiger partial charge in [-0.15, -0.1) is 0 Å². The summed E-state index contributed by atoms with van der Waals surface area (Å²) in [5.41, 5.74) is 2.70. The molecule has 0 saturated carbocycles. The molecule has 3 rings (SSSR count). The zero-order chi connectivity index (χ0) is 21.9. The molecule has 1 aromatic carbocycles. The van der Waals surface area contributed by atoms with Crippen LogP contribution in [0.4, 0.5) is 36.1 Å². The first-order chi connectivity index (χ1) is 14.1. The molecule has 3 aromatic rings. The number of hydrogen-bond acceptors (Lipinski definition) is 5. The summed E-state index contributed by atoms with van der Waals surface area (Å²) < 4.78 is 38.4. The predicted molar refractivity (Wildman–Crippen MR) is 114 cm³/mol. The number of H-pyrrole nitrogens is 1. The third-order valence-electron chi connectivity index (χ3n) is 4.20. The fraction of sp³-hybridized carbons (Fsp3) is 0.200. The standard InChI is InChI=1S/C20H19F3N6S/c1-11-5-4-6-12(2)16(11)25-10-26-17-18(27-13(3)28-19(17)30)29-14-7-8-15(24-9-14)20(21,22)23/h4-10H,1-3H3,(H,25,26)(H2,27,28,29,30). The molecule has 0 saturated heterocycles. The van der Waals surface area contributed by atoms with Crippen LogP contribution in [-0.4, -0.2) is 21.3 Å². The molecular formula is C20H19F3N6S. The number of aliphatic imine (C=N–C) groups is 1. The number of nitrogens with zero attached hydrogens (tertiary/aromatic N) is 3. The van der Waals surface area contributed by atoms with E-state index < -0.39 is 11.9 Å². The molecular weight excluding hydrogens is 413 g/mol. The zero-order valence-electron chi connectivity index (χ0n) is 16.4. The van der Waals surface area contributed by atoms with Gasteiger partial charge in [-0.1, -0.05) is 30.4 Å². The number of aryl methyl sites for hydroxylation is 3. The Morgan fingerprint density at radius 2 is 1.80 bits per heavy atom. The number of para-hydroxylation sites is 1. The van der Waals surface area contributed by atoms with Crippen LogP contribution in [-0.2, 0) is 6.18 Å². The van der Waals surface area contributed by atoms with Crippen LogP contribution in [0.1, 0.15) is 22.6 Å². The lowest BCUT2D eigenvalue weighted by atomic mass is 10.1. The maximum atomic E-state index is 12.7. The van der Waals surface area contributed by atoms with E-state index in [-0.39, 0.29) is 4.64 Å². The first kappa shape index (κ1) is 21.4. The van der Waals surface area contributed by atoms with Crippen molar-refractivity contribution in [1.82, 2.24) is 15.0 Å². The van der Waals surface area contributed by atoms with E-state index in [1.54, 1.807) is 6.92 Å². The summed E-state index contributed by atoms with van der Waals surface area (Å²) in [7, 11) is 0. The van der Waals surface area contributed by atoms with Crippen molar-refractivity contribution >= 4 is 41.4 Å². The number of anilines is 3. The minimum absolute atomic E-state index is 0.279. The zero-order valence-corrected chi connectivity index (χ0v) is 17.2. The summed E-state index contributed by atoms with van der Waals surface area (Å²) in [6.45, 7) is 5.65. The van der Waals surface area contributed by atoms with Gasteiger partial charge in [-0.2, -0.15) is 13.2 Å². The molecule has 0 atom stereocenters. The Morgan fingerprint density at radius 1 is 1.10 bits per heavy atom. The van der Waals surface area contributed by atoms with E-state index in [4.69, 9.17) is 12.2 Å². The highest BCUT2D eigenvalue weighted by atomic mass is 32.1. The van der Waals surface area contributed by atoms with Gasteiger partial charge in [0.25, 0.3) is 0 Å². The van der Waals surface area contributed by atoms with E-state index in [1.807, 2.05) is 32.0 Å². The van der Waals surface area contributed by atoms with Crippen LogP contribution < -0.4 is 10.6 Å². The molecule has 0 spiro atoms. The monoisotopic (exact) mass is 432 g/mol. The van der Waals surface area contributed by atoms with Crippen LogP contribution in [0.25, 0.3) is 0 Å². The van der Waals surface area contributed by atoms with Crippen molar-refractivity contribution in [3.63, 3.8) is 0 Å². The van der Waals surface area contributed by atoms with Gasteiger partial charge in [0, 0.05) is 0 Å². The molecule has 0 fully saturated rings. The lowest BCUT2D eigenvalue weighted by Gasteiger charge is -2.13. The number of hydrogen-bond donors (Lipinski definition) is 3. The topological polar surface area (TPSA) is 78.0 Å². The second-order valence-corrected chi connectivity index (χ2v) is 6.96. The summed E-state index contributed by atoms with van der Waals surface area (Å²) in [6.07, 6.45) is -1.89. The Morgan fingerprint density at radius 3 is 2.40 bits per heavy atom. The Bertz CT molecular complexity index is 1120. The normalized spacial score (nSPS) is 11.7. The van der Waals surface area contributed by atoms with Crippen LogP contribution in [0.3, 0.4) is 0 Å². The highest BCUT2D eigenvalue weighted by Gasteiger charge is 2.32. The average Bonchev–Trinajstić information content (AvgIpc) is 2.65. The quantitative estimate of drug-likeness (QED) is 0.262. The van der Waals surface area contributed by atoms with Gasteiger partial charge in [-0.25, -0.2) is 15.0 Å². The van der Waals surface area contributed by atoms with Gasteiger partial charge in [-0.05, 0) is 44.0 Å². The van der Waals surface area contributed by atoms with E-state index in [0.717, 1.165) is 29.1 Å². The van der Waals surface area contributed by atoms with Gasteiger partial charge in [0.15, 0.2) is 4.64 Å². The summed E-state index contributed by atoms with van der Waals surface area (Å²) in [4.78, 5) is 15.1. The number of aromatic nitrogens is 3. The summed E-state index contributed by atoms with van der Waals surface area (Å²) in [5, 5.41) is 6.00. The highest BCUT2D eigenvalue weighted by molar-refractivity contribution is 7.71. The molecule has 10 heteroatoms. The van der Waals surface area contributed by atoms with Gasteiger partial charge in [0.05, 0.1) is 23.9 Å². The third kappa shape index (κ3) is 5.01. The van der Waals surface area contributed by atoms with Crippen LogP contribution in [0.2, 0.25) is 0 Å². The van der Waals surface area contributed by atoms with E-state index in [0.29, 0.717) is 23.0 Å². The fourth-order valence-corrected chi connectivity index (χ4v) is 3.06. The maximum Gasteiger partial charge on any atom is 0.433 e. The van der Waals surface area contributed by atoms with Gasteiger partial charge in [-0.3, -0.25) is 0 Å². The van der Waals surface area contributed by atoms with Crippen LogP contribution in [0.5, 0.6) is 0 Å². The molecule has 0 unspecified atom stereocenters. The summed E-state index contributed by atoms with van der Waals surface area (Å²) >= 11 is 5.33. The van der Waals surface area contributed by atoms with E-state index in [9.17, 15) is 13.2 Å².